The molecule has 6 heteroatoms. The zero-order valence-corrected chi connectivity index (χ0v) is 14.6. The van der Waals surface area contributed by atoms with Crippen LogP contribution < -0.4 is 10.1 Å². The summed E-state index contributed by atoms with van der Waals surface area (Å²) < 4.78 is 5.21. The zero-order valence-electron chi connectivity index (χ0n) is 13.9. The molecule has 1 amide bonds. The monoisotopic (exact) mass is 361 g/mol. The van der Waals surface area contributed by atoms with Crippen LogP contribution in [0.15, 0.2) is 48.5 Å². The van der Waals surface area contributed by atoms with Crippen LogP contribution in [0.5, 0.6) is 5.75 Å². The van der Waals surface area contributed by atoms with E-state index in [4.69, 9.17) is 21.4 Å². The second kappa shape index (κ2) is 9.08. The van der Waals surface area contributed by atoms with Crippen LogP contribution in [0.25, 0.3) is 0 Å². The van der Waals surface area contributed by atoms with Crippen molar-refractivity contribution in [2.24, 2.45) is 0 Å². The average Bonchev–Trinajstić information content (AvgIpc) is 2.60. The number of methoxy groups -OCH3 is 1. The number of carboxylic acid groups (broad SMARTS) is 1. The topological polar surface area (TPSA) is 75.6 Å². The summed E-state index contributed by atoms with van der Waals surface area (Å²) in [5, 5.41) is 12.3. The number of rotatable bonds is 8. The summed E-state index contributed by atoms with van der Waals surface area (Å²) in [7, 11) is 1.48. The van der Waals surface area contributed by atoms with Crippen LogP contribution in [0.4, 0.5) is 0 Å². The quantitative estimate of drug-likeness (QED) is 0.753. The fraction of sp³-hybridized carbons (Fsp3) is 0.263. The van der Waals surface area contributed by atoms with Gasteiger partial charge < -0.3 is 15.2 Å². The maximum atomic E-state index is 12.6. The van der Waals surface area contributed by atoms with E-state index in [1.54, 1.807) is 12.1 Å². The lowest BCUT2D eigenvalue weighted by Gasteiger charge is -2.19. The van der Waals surface area contributed by atoms with Gasteiger partial charge in [-0.3, -0.25) is 9.59 Å². The maximum Gasteiger partial charge on any atom is 0.303 e. The van der Waals surface area contributed by atoms with Crippen LogP contribution >= 0.6 is 11.6 Å². The summed E-state index contributed by atoms with van der Waals surface area (Å²) in [6.07, 6.45) is 0.853. The summed E-state index contributed by atoms with van der Waals surface area (Å²) in [4.78, 5) is 23.5. The molecule has 1 atom stereocenters. The van der Waals surface area contributed by atoms with E-state index >= 15 is 0 Å². The van der Waals surface area contributed by atoms with Crippen molar-refractivity contribution in [2.75, 3.05) is 7.11 Å². The molecule has 0 bridgehead atoms. The lowest BCUT2D eigenvalue weighted by molar-refractivity contribution is -0.137. The molecule has 2 aromatic carbocycles. The molecule has 0 saturated carbocycles. The molecule has 2 N–H and O–H groups in total. The number of ether oxygens (including phenoxy) is 1. The highest BCUT2D eigenvalue weighted by molar-refractivity contribution is 6.31. The molecule has 2 aromatic rings. The molecular weight excluding hydrogens is 342 g/mol. The average molecular weight is 362 g/mol. The first-order chi connectivity index (χ1) is 12.0. The van der Waals surface area contributed by atoms with Gasteiger partial charge >= 0.3 is 5.97 Å². The molecule has 25 heavy (non-hydrogen) atoms. The Bertz CT molecular complexity index is 733. The van der Waals surface area contributed by atoms with Crippen LogP contribution in [-0.4, -0.2) is 30.1 Å². The van der Waals surface area contributed by atoms with Gasteiger partial charge in [-0.15, -0.1) is 0 Å². The minimum absolute atomic E-state index is 0.0234. The lowest BCUT2D eigenvalue weighted by Crippen LogP contribution is -2.37. The highest BCUT2D eigenvalue weighted by atomic mass is 35.5. The van der Waals surface area contributed by atoms with E-state index in [9.17, 15) is 9.59 Å². The summed E-state index contributed by atoms with van der Waals surface area (Å²) in [6, 6.07) is 14.1. The summed E-state index contributed by atoms with van der Waals surface area (Å²) in [5.74, 6) is -0.822. The van der Waals surface area contributed by atoms with Crippen molar-refractivity contribution >= 4 is 23.5 Å². The van der Waals surface area contributed by atoms with Crippen LogP contribution in [0.3, 0.4) is 0 Å². The van der Waals surface area contributed by atoms with Gasteiger partial charge in [0.15, 0.2) is 0 Å². The van der Waals surface area contributed by atoms with Gasteiger partial charge in [0.05, 0.1) is 12.7 Å². The molecule has 0 aliphatic rings. The summed E-state index contributed by atoms with van der Waals surface area (Å²) in [5.41, 5.74) is 1.35. The molecule has 0 aliphatic carbocycles. The number of nitrogens with one attached hydrogen (secondary N) is 1. The Hall–Kier alpha value is -2.53. The standard InChI is InChI=1S/C19H20ClNO4/c1-25-17-9-7-14(20)12-16(17)19(24)21-15(8-10-18(22)23)11-13-5-3-2-4-6-13/h2-7,9,12,15H,8,10-11H2,1H3,(H,21,24)(H,22,23). The van der Waals surface area contributed by atoms with E-state index in [1.807, 2.05) is 30.3 Å². The van der Waals surface area contributed by atoms with Crippen molar-refractivity contribution < 1.29 is 19.4 Å². The molecule has 132 valence electrons. The molecule has 1 unspecified atom stereocenters. The van der Waals surface area contributed by atoms with E-state index in [1.165, 1.54) is 13.2 Å². The van der Waals surface area contributed by atoms with Gasteiger partial charge in [0.25, 0.3) is 5.91 Å². The van der Waals surface area contributed by atoms with Crippen molar-refractivity contribution in [1.29, 1.82) is 0 Å². The summed E-state index contributed by atoms with van der Waals surface area (Å²) >= 11 is 5.97. The Labute approximate surface area is 151 Å². The van der Waals surface area contributed by atoms with E-state index < -0.39 is 5.97 Å². The van der Waals surface area contributed by atoms with Gasteiger partial charge in [0.2, 0.25) is 0 Å². The maximum absolute atomic E-state index is 12.6. The summed E-state index contributed by atoms with van der Waals surface area (Å²) in [6.45, 7) is 0. The minimum atomic E-state index is -0.896. The van der Waals surface area contributed by atoms with E-state index in [-0.39, 0.29) is 18.4 Å². The van der Waals surface area contributed by atoms with Crippen LogP contribution in [0.2, 0.25) is 5.02 Å². The molecule has 0 spiro atoms. The van der Waals surface area contributed by atoms with Crippen molar-refractivity contribution in [3.63, 3.8) is 0 Å². The third kappa shape index (κ3) is 5.80. The van der Waals surface area contributed by atoms with E-state index in [0.29, 0.717) is 29.2 Å². The molecule has 0 heterocycles. The van der Waals surface area contributed by atoms with Crippen LogP contribution in [0, 0.1) is 0 Å². The Morgan fingerprint density at radius 2 is 1.92 bits per heavy atom. The van der Waals surface area contributed by atoms with Gasteiger partial charge in [-0.05, 0) is 36.6 Å². The highest BCUT2D eigenvalue weighted by Gasteiger charge is 2.19. The first-order valence-electron chi connectivity index (χ1n) is 7.89. The minimum Gasteiger partial charge on any atom is -0.496 e. The number of benzene rings is 2. The Morgan fingerprint density at radius 1 is 1.20 bits per heavy atom. The Kier molecular flexibility index (Phi) is 6.83. The molecule has 0 radical (unpaired) electrons. The van der Waals surface area contributed by atoms with Crippen LogP contribution in [-0.2, 0) is 11.2 Å². The number of carbonyl (C=O) groups excluding carboxylic acids is 1. The fourth-order valence-electron chi connectivity index (χ4n) is 2.54. The van der Waals surface area contributed by atoms with Crippen molar-refractivity contribution in [2.45, 2.75) is 25.3 Å². The van der Waals surface area contributed by atoms with Gasteiger partial charge in [-0.25, -0.2) is 0 Å². The number of carboxylic acids is 1. The fourth-order valence-corrected chi connectivity index (χ4v) is 2.71. The number of carbonyl (C=O) groups is 2. The Balaban J connectivity index is 2.15. The molecular formula is C19H20ClNO4. The third-order valence-corrected chi connectivity index (χ3v) is 4.01. The zero-order chi connectivity index (χ0) is 18.2. The molecule has 0 fully saturated rings. The molecule has 0 aromatic heterocycles. The van der Waals surface area contributed by atoms with Crippen molar-refractivity contribution in [3.05, 3.63) is 64.7 Å². The molecule has 5 nitrogen and oxygen atoms in total. The van der Waals surface area contributed by atoms with Crippen molar-refractivity contribution in [3.8, 4) is 5.75 Å². The van der Waals surface area contributed by atoms with E-state index in [0.717, 1.165) is 5.56 Å². The second-order valence-corrected chi connectivity index (χ2v) is 6.07. The van der Waals surface area contributed by atoms with Gasteiger partial charge in [0.1, 0.15) is 5.75 Å². The van der Waals surface area contributed by atoms with E-state index in [2.05, 4.69) is 5.32 Å². The van der Waals surface area contributed by atoms with Crippen molar-refractivity contribution in [1.82, 2.24) is 5.32 Å². The normalized spacial score (nSPS) is 11.6. The number of aliphatic carboxylic acids is 1. The number of halogens is 1. The first-order valence-corrected chi connectivity index (χ1v) is 8.27. The third-order valence-electron chi connectivity index (χ3n) is 3.77. The SMILES string of the molecule is COc1ccc(Cl)cc1C(=O)NC(CCC(=O)O)Cc1ccccc1. The van der Waals surface area contributed by atoms with Crippen LogP contribution in [0.1, 0.15) is 28.8 Å². The largest absolute Gasteiger partial charge is 0.496 e. The van der Waals surface area contributed by atoms with Gasteiger partial charge in [0, 0.05) is 17.5 Å². The highest BCUT2D eigenvalue weighted by Crippen LogP contribution is 2.23. The first kappa shape index (κ1) is 18.8. The van der Waals surface area contributed by atoms with Gasteiger partial charge in [-0.1, -0.05) is 41.9 Å². The predicted octanol–water partition coefficient (Wildman–Crippen LogP) is 3.55. The second-order valence-electron chi connectivity index (χ2n) is 5.64. The Morgan fingerprint density at radius 3 is 2.56 bits per heavy atom. The lowest BCUT2D eigenvalue weighted by atomic mass is 10.0. The molecule has 2 rings (SSSR count). The molecule has 0 aliphatic heterocycles. The molecule has 0 saturated heterocycles. The number of amides is 1. The predicted molar refractivity (Wildman–Crippen MR) is 96.3 cm³/mol. The number of hydrogen-bond donors (Lipinski definition) is 2. The smallest absolute Gasteiger partial charge is 0.303 e. The van der Waals surface area contributed by atoms with Gasteiger partial charge in [-0.2, -0.15) is 0 Å². The number of hydrogen-bond acceptors (Lipinski definition) is 3.